The summed E-state index contributed by atoms with van der Waals surface area (Å²) in [7, 11) is 3.04. The van der Waals surface area contributed by atoms with Crippen LogP contribution in [0.3, 0.4) is 0 Å². The van der Waals surface area contributed by atoms with E-state index in [1.165, 1.54) is 13.2 Å². The van der Waals surface area contributed by atoms with E-state index in [1.54, 1.807) is 17.9 Å². The number of hydrogen-bond donors (Lipinski definition) is 2. The topological polar surface area (TPSA) is 82.2 Å². The second-order valence-electron chi connectivity index (χ2n) is 4.29. The maximum Gasteiger partial charge on any atom is 0.340 e. The number of rotatable bonds is 4. The molecule has 1 heterocycles. The quantitative estimate of drug-likeness (QED) is 0.655. The first-order valence-corrected chi connectivity index (χ1v) is 5.90. The van der Waals surface area contributed by atoms with E-state index in [2.05, 4.69) is 15.2 Å². The summed E-state index contributed by atoms with van der Waals surface area (Å²) in [6.45, 7) is 0.384. The predicted octanol–water partition coefficient (Wildman–Crippen LogP) is 1.54. The van der Waals surface area contributed by atoms with Crippen molar-refractivity contribution in [3.63, 3.8) is 0 Å². The van der Waals surface area contributed by atoms with Gasteiger partial charge in [0.25, 0.3) is 0 Å². The first-order chi connectivity index (χ1) is 9.51. The summed E-state index contributed by atoms with van der Waals surface area (Å²) in [6, 6.07) is 2.44. The zero-order chi connectivity index (χ0) is 14.7. The zero-order valence-electron chi connectivity index (χ0n) is 11.2. The Balaban J connectivity index is 2.20. The largest absolute Gasteiger partial charge is 0.465 e. The lowest BCUT2D eigenvalue weighted by atomic mass is 10.1. The second kappa shape index (κ2) is 5.60. The molecule has 0 fully saturated rings. The molecule has 0 aliphatic rings. The Bertz CT molecular complexity index is 639. The number of ether oxygens (including phenoxy) is 1. The van der Waals surface area contributed by atoms with Gasteiger partial charge in [0, 0.05) is 31.0 Å². The number of halogens is 1. The number of aryl methyl sites for hydroxylation is 1. The fraction of sp³-hybridized carbons (Fsp3) is 0.231. The zero-order valence-corrected chi connectivity index (χ0v) is 11.2. The third-order valence-electron chi connectivity index (χ3n) is 2.79. The summed E-state index contributed by atoms with van der Waals surface area (Å²) >= 11 is 0. The fourth-order valence-corrected chi connectivity index (χ4v) is 1.77. The Morgan fingerprint density at radius 1 is 1.55 bits per heavy atom. The van der Waals surface area contributed by atoms with Crippen LogP contribution in [0.5, 0.6) is 0 Å². The van der Waals surface area contributed by atoms with E-state index >= 15 is 0 Å². The number of carbonyl (C=O) groups excluding carboxylic acids is 1. The summed E-state index contributed by atoms with van der Waals surface area (Å²) in [4.78, 5) is 11.5. The molecular formula is C13H15FN4O2. The monoisotopic (exact) mass is 278 g/mol. The van der Waals surface area contributed by atoms with Crippen LogP contribution >= 0.6 is 0 Å². The van der Waals surface area contributed by atoms with Crippen molar-refractivity contribution < 1.29 is 13.9 Å². The summed E-state index contributed by atoms with van der Waals surface area (Å²) in [6.07, 6.45) is 3.48. The highest BCUT2D eigenvalue weighted by Crippen LogP contribution is 2.23. The van der Waals surface area contributed by atoms with Crippen LogP contribution < -0.4 is 11.1 Å². The summed E-state index contributed by atoms with van der Waals surface area (Å²) in [5, 5.41) is 6.91. The lowest BCUT2D eigenvalue weighted by Crippen LogP contribution is -2.09. The molecule has 1 aromatic carbocycles. The van der Waals surface area contributed by atoms with Gasteiger partial charge in [-0.05, 0) is 12.1 Å². The number of nitrogens with two attached hydrogens (primary N) is 1. The molecule has 0 atom stereocenters. The maximum absolute atomic E-state index is 13.8. The summed E-state index contributed by atoms with van der Waals surface area (Å²) in [5.41, 5.74) is 6.84. The highest BCUT2D eigenvalue weighted by molar-refractivity contribution is 5.96. The average Bonchev–Trinajstić information content (AvgIpc) is 2.83. The van der Waals surface area contributed by atoms with Crippen molar-refractivity contribution in [3.05, 3.63) is 41.5 Å². The van der Waals surface area contributed by atoms with Crippen LogP contribution in [0, 0.1) is 5.82 Å². The van der Waals surface area contributed by atoms with Gasteiger partial charge in [0.15, 0.2) is 0 Å². The Morgan fingerprint density at radius 2 is 2.30 bits per heavy atom. The SMILES string of the molecule is COC(=O)c1cc(NCc2cnn(C)c2)c(F)cc1N. The Labute approximate surface area is 115 Å². The average molecular weight is 278 g/mol. The van der Waals surface area contributed by atoms with Crippen LogP contribution in [-0.4, -0.2) is 22.9 Å². The van der Waals surface area contributed by atoms with Crippen molar-refractivity contribution in [1.29, 1.82) is 0 Å². The van der Waals surface area contributed by atoms with Crippen LogP contribution in [-0.2, 0) is 18.3 Å². The van der Waals surface area contributed by atoms with Crippen molar-refractivity contribution in [2.24, 2.45) is 7.05 Å². The molecule has 106 valence electrons. The van der Waals surface area contributed by atoms with Gasteiger partial charge < -0.3 is 15.8 Å². The molecule has 0 unspecified atom stereocenters. The molecule has 0 bridgehead atoms. The van der Waals surface area contributed by atoms with Gasteiger partial charge in [0.2, 0.25) is 0 Å². The molecule has 2 aromatic rings. The molecule has 1 aromatic heterocycles. The molecule has 0 radical (unpaired) electrons. The standard InChI is InChI=1S/C13H15FN4O2/c1-18-7-8(6-17-18)5-16-12-3-9(13(19)20-2)11(15)4-10(12)14/h3-4,6-7,16H,5,15H2,1-2H3. The summed E-state index contributed by atoms with van der Waals surface area (Å²) in [5.74, 6) is -1.13. The normalized spacial score (nSPS) is 10.3. The van der Waals surface area contributed by atoms with Gasteiger partial charge in [0.1, 0.15) is 5.82 Å². The van der Waals surface area contributed by atoms with Crippen molar-refractivity contribution in [3.8, 4) is 0 Å². The van der Waals surface area contributed by atoms with Crippen LogP contribution in [0.1, 0.15) is 15.9 Å². The van der Waals surface area contributed by atoms with E-state index in [-0.39, 0.29) is 16.9 Å². The van der Waals surface area contributed by atoms with Crippen molar-refractivity contribution in [2.75, 3.05) is 18.2 Å². The lowest BCUT2D eigenvalue weighted by molar-refractivity contribution is 0.0602. The highest BCUT2D eigenvalue weighted by Gasteiger charge is 2.14. The molecule has 20 heavy (non-hydrogen) atoms. The predicted molar refractivity (Wildman–Crippen MR) is 72.7 cm³/mol. The minimum atomic E-state index is -0.605. The number of benzene rings is 1. The van der Waals surface area contributed by atoms with E-state index in [4.69, 9.17) is 5.73 Å². The van der Waals surface area contributed by atoms with Crippen molar-refractivity contribution in [1.82, 2.24) is 9.78 Å². The van der Waals surface area contributed by atoms with Gasteiger partial charge in [-0.3, -0.25) is 4.68 Å². The van der Waals surface area contributed by atoms with Gasteiger partial charge in [-0.15, -0.1) is 0 Å². The Morgan fingerprint density at radius 3 is 2.90 bits per heavy atom. The van der Waals surface area contributed by atoms with Crippen LogP contribution in [0.4, 0.5) is 15.8 Å². The van der Waals surface area contributed by atoms with Crippen LogP contribution in [0.25, 0.3) is 0 Å². The third kappa shape index (κ3) is 2.87. The van der Waals surface area contributed by atoms with Gasteiger partial charge in [-0.2, -0.15) is 5.10 Å². The number of hydrogen-bond acceptors (Lipinski definition) is 5. The highest BCUT2D eigenvalue weighted by atomic mass is 19.1. The molecule has 3 N–H and O–H groups in total. The summed E-state index contributed by atoms with van der Waals surface area (Å²) < 4.78 is 20.0. The molecule has 6 nitrogen and oxygen atoms in total. The molecule has 2 rings (SSSR count). The first kappa shape index (κ1) is 13.9. The number of nitrogens with one attached hydrogen (secondary N) is 1. The molecule has 0 aliphatic heterocycles. The number of nitrogens with zero attached hydrogens (tertiary/aromatic N) is 2. The number of aromatic nitrogens is 2. The van der Waals surface area contributed by atoms with Crippen LogP contribution in [0.2, 0.25) is 0 Å². The maximum atomic E-state index is 13.8. The van der Waals surface area contributed by atoms with E-state index in [0.717, 1.165) is 11.6 Å². The Hall–Kier alpha value is -2.57. The molecule has 7 heteroatoms. The van der Waals surface area contributed by atoms with E-state index in [1.807, 2.05) is 6.20 Å². The molecule has 0 saturated heterocycles. The molecule has 0 spiro atoms. The number of anilines is 2. The number of esters is 1. The first-order valence-electron chi connectivity index (χ1n) is 5.90. The van der Waals surface area contributed by atoms with Crippen molar-refractivity contribution in [2.45, 2.75) is 6.54 Å². The fourth-order valence-electron chi connectivity index (χ4n) is 1.77. The molecular weight excluding hydrogens is 263 g/mol. The minimum absolute atomic E-state index is 0.0428. The smallest absolute Gasteiger partial charge is 0.340 e. The van der Waals surface area contributed by atoms with E-state index in [9.17, 15) is 9.18 Å². The third-order valence-corrected chi connectivity index (χ3v) is 2.79. The lowest BCUT2D eigenvalue weighted by Gasteiger charge is -2.10. The van der Waals surface area contributed by atoms with E-state index in [0.29, 0.717) is 6.54 Å². The number of nitrogen functional groups attached to an aromatic ring is 1. The van der Waals surface area contributed by atoms with Gasteiger partial charge in [0.05, 0.1) is 24.6 Å². The number of methoxy groups -OCH3 is 1. The van der Waals surface area contributed by atoms with Gasteiger partial charge in [-0.1, -0.05) is 0 Å². The van der Waals surface area contributed by atoms with Gasteiger partial charge >= 0.3 is 5.97 Å². The van der Waals surface area contributed by atoms with Gasteiger partial charge in [-0.25, -0.2) is 9.18 Å². The Kier molecular flexibility index (Phi) is 3.88. The molecule has 0 aliphatic carbocycles. The van der Waals surface area contributed by atoms with Crippen LogP contribution in [0.15, 0.2) is 24.5 Å². The number of carbonyl (C=O) groups is 1. The minimum Gasteiger partial charge on any atom is -0.465 e. The van der Waals surface area contributed by atoms with Crippen molar-refractivity contribution >= 4 is 17.3 Å². The second-order valence-corrected chi connectivity index (χ2v) is 4.29. The molecule has 0 saturated carbocycles. The van der Waals surface area contributed by atoms with E-state index < -0.39 is 11.8 Å². The molecule has 0 amide bonds.